The first-order valence-electron chi connectivity index (χ1n) is 9.71. The minimum Gasteiger partial charge on any atom is -0.493 e. The summed E-state index contributed by atoms with van der Waals surface area (Å²) in [5.74, 6) is 1.27. The van der Waals surface area contributed by atoms with Crippen molar-refractivity contribution in [2.75, 3.05) is 33.9 Å². The van der Waals surface area contributed by atoms with Gasteiger partial charge in [-0.05, 0) is 54.3 Å². The molecule has 0 fully saturated rings. The van der Waals surface area contributed by atoms with Crippen molar-refractivity contribution in [3.8, 4) is 17.2 Å². The molecule has 0 atom stereocenters. The minimum absolute atomic E-state index is 0.173. The van der Waals surface area contributed by atoms with Gasteiger partial charge in [0.25, 0.3) is 11.8 Å². The lowest BCUT2D eigenvalue weighted by molar-refractivity contribution is -0.130. The van der Waals surface area contributed by atoms with Gasteiger partial charge >= 0.3 is 0 Å². The highest BCUT2D eigenvalue weighted by molar-refractivity contribution is 5.83. The third-order valence-electron chi connectivity index (χ3n) is 4.87. The molecule has 1 heterocycles. The average molecular weight is 413 g/mol. The van der Waals surface area contributed by atoms with E-state index in [0.29, 0.717) is 23.8 Å². The van der Waals surface area contributed by atoms with Crippen LogP contribution in [0, 0.1) is 6.92 Å². The molecule has 1 aliphatic heterocycles. The Morgan fingerprint density at radius 3 is 2.40 bits per heavy atom. The van der Waals surface area contributed by atoms with Gasteiger partial charge in [0.2, 0.25) is 0 Å². The highest BCUT2D eigenvalue weighted by Gasteiger charge is 2.21. The van der Waals surface area contributed by atoms with Crippen LogP contribution in [0.25, 0.3) is 0 Å². The molecule has 2 N–H and O–H groups in total. The zero-order valence-electron chi connectivity index (χ0n) is 17.5. The molecule has 0 saturated carbocycles. The Kier molecular flexibility index (Phi) is 7.13. The second-order valence-corrected chi connectivity index (χ2v) is 7.14. The molecule has 0 spiro atoms. The van der Waals surface area contributed by atoms with E-state index >= 15 is 0 Å². The SMILES string of the molecule is COc1cc2c(cc1OC)CN(CC(=O)NNC(=O)COc1cccc(C)c1)CC2. The monoisotopic (exact) mass is 413 g/mol. The summed E-state index contributed by atoms with van der Waals surface area (Å²) >= 11 is 0. The standard InChI is InChI=1S/C22H27N3O5/c1-15-5-4-6-18(9-15)30-14-22(27)24-23-21(26)13-25-8-7-16-10-19(28-2)20(29-3)11-17(16)12-25/h4-6,9-11H,7-8,12-14H2,1-3H3,(H,23,26)(H,24,27). The molecule has 3 rings (SSSR count). The maximum Gasteiger partial charge on any atom is 0.276 e. The number of amides is 2. The number of hydrazine groups is 1. The van der Waals surface area contributed by atoms with E-state index in [4.69, 9.17) is 14.2 Å². The van der Waals surface area contributed by atoms with Gasteiger partial charge < -0.3 is 14.2 Å². The fraction of sp³-hybridized carbons (Fsp3) is 0.364. The van der Waals surface area contributed by atoms with Gasteiger partial charge in [0, 0.05) is 13.1 Å². The molecule has 0 unspecified atom stereocenters. The van der Waals surface area contributed by atoms with Crippen LogP contribution in [0.4, 0.5) is 0 Å². The topological polar surface area (TPSA) is 89.1 Å². The number of rotatable bonds is 7. The molecule has 0 aromatic heterocycles. The van der Waals surface area contributed by atoms with Crippen LogP contribution in [-0.4, -0.2) is 50.6 Å². The molecule has 2 aromatic rings. The summed E-state index contributed by atoms with van der Waals surface area (Å²) in [6, 6.07) is 11.3. The summed E-state index contributed by atoms with van der Waals surface area (Å²) in [4.78, 5) is 26.1. The van der Waals surface area contributed by atoms with Crippen LogP contribution < -0.4 is 25.1 Å². The first-order chi connectivity index (χ1) is 14.5. The lowest BCUT2D eigenvalue weighted by atomic mass is 9.99. The predicted octanol–water partition coefficient (Wildman–Crippen LogP) is 1.60. The summed E-state index contributed by atoms with van der Waals surface area (Å²) in [6.45, 7) is 3.29. The Morgan fingerprint density at radius 2 is 1.70 bits per heavy atom. The van der Waals surface area contributed by atoms with E-state index in [9.17, 15) is 9.59 Å². The van der Waals surface area contributed by atoms with Crippen LogP contribution in [0.2, 0.25) is 0 Å². The number of methoxy groups -OCH3 is 2. The number of ether oxygens (including phenoxy) is 3. The zero-order valence-corrected chi connectivity index (χ0v) is 17.5. The Morgan fingerprint density at radius 1 is 1.00 bits per heavy atom. The molecule has 8 heteroatoms. The number of nitrogens with zero attached hydrogens (tertiary/aromatic N) is 1. The van der Waals surface area contributed by atoms with E-state index in [-0.39, 0.29) is 19.1 Å². The lowest BCUT2D eigenvalue weighted by Crippen LogP contribution is -2.48. The van der Waals surface area contributed by atoms with Crippen LogP contribution in [0.5, 0.6) is 17.2 Å². The summed E-state index contributed by atoms with van der Waals surface area (Å²) in [7, 11) is 3.22. The van der Waals surface area contributed by atoms with Crippen LogP contribution in [0.15, 0.2) is 36.4 Å². The maximum atomic E-state index is 12.2. The predicted molar refractivity (Wildman–Crippen MR) is 111 cm³/mol. The lowest BCUT2D eigenvalue weighted by Gasteiger charge is -2.29. The van der Waals surface area contributed by atoms with Gasteiger partial charge in [-0.15, -0.1) is 0 Å². The Balaban J connectivity index is 1.44. The molecule has 1 aliphatic rings. The van der Waals surface area contributed by atoms with Crippen molar-refractivity contribution < 1.29 is 23.8 Å². The van der Waals surface area contributed by atoms with E-state index in [1.165, 1.54) is 5.56 Å². The Bertz CT molecular complexity index is 916. The Hall–Kier alpha value is -3.26. The Labute approximate surface area is 176 Å². The summed E-state index contributed by atoms with van der Waals surface area (Å²) in [6.07, 6.45) is 0.805. The molecule has 2 aromatic carbocycles. The van der Waals surface area contributed by atoms with Crippen molar-refractivity contribution in [1.82, 2.24) is 15.8 Å². The van der Waals surface area contributed by atoms with Gasteiger partial charge in [-0.2, -0.15) is 0 Å². The van der Waals surface area contributed by atoms with E-state index in [1.54, 1.807) is 20.3 Å². The van der Waals surface area contributed by atoms with E-state index in [0.717, 1.165) is 24.1 Å². The third kappa shape index (κ3) is 5.64. The third-order valence-corrected chi connectivity index (χ3v) is 4.87. The van der Waals surface area contributed by atoms with Gasteiger partial charge in [-0.3, -0.25) is 25.3 Å². The summed E-state index contributed by atoms with van der Waals surface area (Å²) < 4.78 is 16.1. The van der Waals surface area contributed by atoms with Gasteiger partial charge in [0.1, 0.15) is 5.75 Å². The van der Waals surface area contributed by atoms with Crippen LogP contribution >= 0.6 is 0 Å². The first-order valence-corrected chi connectivity index (χ1v) is 9.71. The summed E-state index contributed by atoms with van der Waals surface area (Å²) in [5, 5.41) is 0. The second kappa shape index (κ2) is 9.98. The fourth-order valence-corrected chi connectivity index (χ4v) is 3.35. The van der Waals surface area contributed by atoms with Gasteiger partial charge in [0.05, 0.1) is 20.8 Å². The quantitative estimate of drug-likeness (QED) is 0.671. The highest BCUT2D eigenvalue weighted by atomic mass is 16.5. The molecule has 0 bridgehead atoms. The van der Waals surface area contributed by atoms with Crippen molar-refractivity contribution in [2.45, 2.75) is 19.9 Å². The van der Waals surface area contributed by atoms with Crippen LogP contribution in [0.1, 0.15) is 16.7 Å². The number of nitrogens with one attached hydrogen (secondary N) is 2. The summed E-state index contributed by atoms with van der Waals surface area (Å²) in [5.41, 5.74) is 8.15. The van der Waals surface area contributed by atoms with Crippen molar-refractivity contribution >= 4 is 11.8 Å². The molecule has 0 saturated heterocycles. The average Bonchev–Trinajstić information content (AvgIpc) is 2.75. The number of fused-ring (bicyclic) bond motifs is 1. The number of carbonyl (C=O) groups excluding carboxylic acids is 2. The molecular formula is C22H27N3O5. The van der Waals surface area contributed by atoms with Crippen molar-refractivity contribution in [2.24, 2.45) is 0 Å². The molecular weight excluding hydrogens is 386 g/mol. The van der Waals surface area contributed by atoms with Gasteiger partial charge in [0.15, 0.2) is 18.1 Å². The van der Waals surface area contributed by atoms with Crippen LogP contribution in [-0.2, 0) is 22.6 Å². The normalized spacial score (nSPS) is 13.2. The fourth-order valence-electron chi connectivity index (χ4n) is 3.35. The minimum atomic E-state index is -0.425. The van der Waals surface area contributed by atoms with E-state index < -0.39 is 5.91 Å². The van der Waals surface area contributed by atoms with Crippen LogP contribution in [0.3, 0.4) is 0 Å². The van der Waals surface area contributed by atoms with Crippen molar-refractivity contribution in [3.63, 3.8) is 0 Å². The molecule has 2 amide bonds. The van der Waals surface area contributed by atoms with E-state index in [2.05, 4.69) is 10.9 Å². The zero-order chi connectivity index (χ0) is 21.5. The molecule has 30 heavy (non-hydrogen) atoms. The molecule has 0 radical (unpaired) electrons. The van der Waals surface area contributed by atoms with E-state index in [1.807, 2.05) is 42.2 Å². The number of hydrogen-bond donors (Lipinski definition) is 2. The highest BCUT2D eigenvalue weighted by Crippen LogP contribution is 2.33. The van der Waals surface area contributed by atoms with Crippen molar-refractivity contribution in [1.29, 1.82) is 0 Å². The largest absolute Gasteiger partial charge is 0.493 e. The second-order valence-electron chi connectivity index (χ2n) is 7.14. The maximum absolute atomic E-state index is 12.2. The number of benzene rings is 2. The first kappa shape index (κ1) is 21.4. The smallest absolute Gasteiger partial charge is 0.276 e. The van der Waals surface area contributed by atoms with Gasteiger partial charge in [-0.1, -0.05) is 12.1 Å². The number of hydrogen-bond acceptors (Lipinski definition) is 6. The number of aryl methyl sites for hydroxylation is 1. The number of carbonyl (C=O) groups is 2. The molecule has 0 aliphatic carbocycles. The molecule has 8 nitrogen and oxygen atoms in total. The van der Waals surface area contributed by atoms with Gasteiger partial charge in [-0.25, -0.2) is 0 Å². The van der Waals surface area contributed by atoms with Crippen molar-refractivity contribution in [3.05, 3.63) is 53.1 Å². The molecule has 160 valence electrons.